The van der Waals surface area contributed by atoms with Crippen LogP contribution in [-0.2, 0) is 30.3 Å². The first kappa shape index (κ1) is 21.3. The molecule has 3 atom stereocenters. The standard InChI is InChI=1S/C19H20N2O6S2/c1-10(22)27-19(28-2)12-9-29-17-14(16(24)21(17)15(12)18(25)26)20-13(23)8-11-6-4-3-5-7-11/h3-7,14,17,19H,8-9H2,1-2H3,(H,20,23)(H,25,26)/t14-,17+,19?/m0/s1. The van der Waals surface area contributed by atoms with Crippen molar-refractivity contribution in [1.82, 2.24) is 10.2 Å². The van der Waals surface area contributed by atoms with Crippen molar-refractivity contribution in [3.63, 3.8) is 0 Å². The fourth-order valence-corrected chi connectivity index (χ4v) is 5.43. The molecule has 0 saturated carbocycles. The van der Waals surface area contributed by atoms with Crippen molar-refractivity contribution in [2.45, 2.75) is 30.2 Å². The van der Waals surface area contributed by atoms with Gasteiger partial charge in [-0.3, -0.25) is 19.3 Å². The molecule has 1 aromatic rings. The van der Waals surface area contributed by atoms with Gasteiger partial charge in [0, 0.05) is 18.2 Å². The van der Waals surface area contributed by atoms with E-state index < -0.39 is 34.7 Å². The number of nitrogens with zero attached hydrogens (tertiary/aromatic N) is 1. The van der Waals surface area contributed by atoms with Crippen LogP contribution in [0, 0.1) is 0 Å². The molecule has 2 amide bonds. The van der Waals surface area contributed by atoms with Gasteiger partial charge in [-0.1, -0.05) is 30.3 Å². The van der Waals surface area contributed by atoms with Gasteiger partial charge >= 0.3 is 11.9 Å². The Labute approximate surface area is 176 Å². The summed E-state index contributed by atoms with van der Waals surface area (Å²) < 4.78 is 5.20. The lowest BCUT2D eigenvalue weighted by atomic mass is 10.0. The van der Waals surface area contributed by atoms with Gasteiger partial charge in [-0.25, -0.2) is 4.79 Å². The highest BCUT2D eigenvalue weighted by Crippen LogP contribution is 2.42. The van der Waals surface area contributed by atoms with Crippen LogP contribution < -0.4 is 5.32 Å². The Hall–Kier alpha value is -2.46. The van der Waals surface area contributed by atoms with Gasteiger partial charge in [0.25, 0.3) is 5.91 Å². The fourth-order valence-electron chi connectivity index (χ4n) is 3.24. The first-order valence-corrected chi connectivity index (χ1v) is 11.1. The molecule has 0 radical (unpaired) electrons. The van der Waals surface area contributed by atoms with E-state index in [0.29, 0.717) is 5.57 Å². The van der Waals surface area contributed by atoms with Gasteiger partial charge in [-0.15, -0.1) is 23.5 Å². The van der Waals surface area contributed by atoms with Gasteiger partial charge in [-0.05, 0) is 11.8 Å². The van der Waals surface area contributed by atoms with Crippen molar-refractivity contribution in [3.05, 3.63) is 47.2 Å². The molecule has 0 aliphatic carbocycles. The normalized spacial score (nSPS) is 21.7. The van der Waals surface area contributed by atoms with Crippen LogP contribution in [0.4, 0.5) is 0 Å². The van der Waals surface area contributed by atoms with Crippen molar-refractivity contribution in [1.29, 1.82) is 0 Å². The Morgan fingerprint density at radius 1 is 1.34 bits per heavy atom. The number of fused-ring (bicyclic) bond motifs is 1. The number of nitrogens with one attached hydrogen (secondary N) is 1. The van der Waals surface area contributed by atoms with Crippen LogP contribution in [-0.4, -0.2) is 62.6 Å². The number of aliphatic carboxylic acids is 1. The summed E-state index contributed by atoms with van der Waals surface area (Å²) in [4.78, 5) is 49.4. The second-order valence-corrected chi connectivity index (χ2v) is 8.48. The zero-order valence-electron chi connectivity index (χ0n) is 15.8. The van der Waals surface area contributed by atoms with Crippen LogP contribution in [0.1, 0.15) is 12.5 Å². The predicted molar refractivity (Wildman–Crippen MR) is 109 cm³/mol. The van der Waals surface area contributed by atoms with Gasteiger partial charge in [0.2, 0.25) is 5.91 Å². The summed E-state index contributed by atoms with van der Waals surface area (Å²) in [6.45, 7) is 1.25. The van der Waals surface area contributed by atoms with E-state index in [1.54, 1.807) is 6.26 Å². The molecule has 10 heteroatoms. The number of rotatable bonds is 7. The van der Waals surface area contributed by atoms with E-state index in [9.17, 15) is 24.3 Å². The Kier molecular flexibility index (Phi) is 6.53. The number of esters is 1. The lowest BCUT2D eigenvalue weighted by Crippen LogP contribution is -2.70. The summed E-state index contributed by atoms with van der Waals surface area (Å²) in [5.41, 5.74) is 0.228. The number of carboxylic acid groups (broad SMARTS) is 1. The number of benzene rings is 1. The summed E-state index contributed by atoms with van der Waals surface area (Å²) in [5, 5.41) is 11.9. The molecule has 2 aliphatic rings. The third-order valence-electron chi connectivity index (χ3n) is 4.50. The molecule has 1 fully saturated rings. The molecule has 2 aliphatic heterocycles. The highest BCUT2D eigenvalue weighted by molar-refractivity contribution is 8.01. The Morgan fingerprint density at radius 2 is 2.03 bits per heavy atom. The third-order valence-corrected chi connectivity index (χ3v) is 6.61. The highest BCUT2D eigenvalue weighted by atomic mass is 32.2. The molecule has 2 N–H and O–H groups in total. The van der Waals surface area contributed by atoms with Crippen molar-refractivity contribution < 1.29 is 29.0 Å². The van der Waals surface area contributed by atoms with Crippen LogP contribution in [0.5, 0.6) is 0 Å². The quantitative estimate of drug-likeness (QED) is 0.373. The predicted octanol–water partition coefficient (Wildman–Crippen LogP) is 1.22. The van der Waals surface area contributed by atoms with E-state index in [4.69, 9.17) is 4.74 Å². The molecular formula is C19H20N2O6S2. The summed E-state index contributed by atoms with van der Waals surface area (Å²) >= 11 is 2.52. The number of amides is 2. The van der Waals surface area contributed by atoms with E-state index in [1.807, 2.05) is 30.3 Å². The van der Waals surface area contributed by atoms with Gasteiger partial charge in [0.15, 0.2) is 5.44 Å². The summed E-state index contributed by atoms with van der Waals surface area (Å²) in [6.07, 6.45) is 1.83. The number of hydrogen-bond donors (Lipinski definition) is 2. The van der Waals surface area contributed by atoms with Crippen LogP contribution in [0.25, 0.3) is 0 Å². The van der Waals surface area contributed by atoms with Crippen molar-refractivity contribution in [2.24, 2.45) is 0 Å². The number of β-lactam (4-membered cyclic amide) rings is 1. The van der Waals surface area contributed by atoms with Gasteiger partial charge in [-0.2, -0.15) is 0 Å². The number of hydrogen-bond acceptors (Lipinski definition) is 7. The molecular weight excluding hydrogens is 416 g/mol. The summed E-state index contributed by atoms with van der Waals surface area (Å²) in [5.74, 6) is -2.31. The maximum absolute atomic E-state index is 12.7. The summed E-state index contributed by atoms with van der Waals surface area (Å²) in [7, 11) is 0. The lowest BCUT2D eigenvalue weighted by molar-refractivity contribution is -0.151. The van der Waals surface area contributed by atoms with E-state index in [0.717, 1.165) is 5.56 Å². The minimum atomic E-state index is -1.26. The molecule has 0 aromatic heterocycles. The Bertz CT molecular complexity index is 873. The average molecular weight is 437 g/mol. The number of carbonyl (C=O) groups is 4. The van der Waals surface area contributed by atoms with Crippen LogP contribution in [0.15, 0.2) is 41.6 Å². The molecule has 3 rings (SSSR count). The number of carbonyl (C=O) groups excluding carboxylic acids is 3. The third kappa shape index (κ3) is 4.43. The van der Waals surface area contributed by atoms with E-state index in [1.165, 1.54) is 35.3 Å². The first-order chi connectivity index (χ1) is 13.8. The molecule has 2 heterocycles. The first-order valence-electron chi connectivity index (χ1n) is 8.77. The minimum absolute atomic E-state index is 0.135. The second-order valence-electron chi connectivity index (χ2n) is 6.47. The van der Waals surface area contributed by atoms with Crippen LogP contribution >= 0.6 is 23.5 Å². The minimum Gasteiger partial charge on any atom is -0.477 e. The number of ether oxygens (including phenoxy) is 1. The van der Waals surface area contributed by atoms with Crippen LogP contribution in [0.3, 0.4) is 0 Å². The molecule has 154 valence electrons. The van der Waals surface area contributed by atoms with Crippen LogP contribution in [0.2, 0.25) is 0 Å². The molecule has 0 bridgehead atoms. The topological polar surface area (TPSA) is 113 Å². The van der Waals surface area contributed by atoms with E-state index in [2.05, 4.69) is 5.32 Å². The molecule has 8 nitrogen and oxygen atoms in total. The Morgan fingerprint density at radius 3 is 2.62 bits per heavy atom. The second kappa shape index (κ2) is 8.91. The van der Waals surface area contributed by atoms with Gasteiger partial charge in [0.1, 0.15) is 17.1 Å². The molecule has 1 aromatic carbocycles. The fraction of sp³-hybridized carbons (Fsp3) is 0.368. The zero-order valence-corrected chi connectivity index (χ0v) is 17.4. The molecule has 0 spiro atoms. The molecule has 1 saturated heterocycles. The van der Waals surface area contributed by atoms with E-state index >= 15 is 0 Å². The zero-order chi connectivity index (χ0) is 21.1. The molecule has 29 heavy (non-hydrogen) atoms. The maximum Gasteiger partial charge on any atom is 0.352 e. The highest BCUT2D eigenvalue weighted by Gasteiger charge is 2.55. The van der Waals surface area contributed by atoms with Crippen molar-refractivity contribution in [2.75, 3.05) is 12.0 Å². The Balaban J connectivity index is 1.75. The number of carboxylic acids is 1. The summed E-state index contributed by atoms with van der Waals surface area (Å²) in [6, 6.07) is 8.35. The monoisotopic (exact) mass is 436 g/mol. The van der Waals surface area contributed by atoms with E-state index in [-0.39, 0.29) is 23.8 Å². The maximum atomic E-state index is 12.7. The number of thioether (sulfide) groups is 2. The van der Waals surface area contributed by atoms with Crippen molar-refractivity contribution >= 4 is 47.3 Å². The molecule has 1 unspecified atom stereocenters. The van der Waals surface area contributed by atoms with Gasteiger partial charge in [0.05, 0.1) is 6.42 Å². The lowest BCUT2D eigenvalue weighted by Gasteiger charge is -2.49. The SMILES string of the molecule is CSC(OC(C)=O)C1=C(C(=O)O)N2C(=O)[C@H](NC(=O)Cc3ccccc3)[C@H]2SC1. The largest absolute Gasteiger partial charge is 0.477 e. The average Bonchev–Trinajstić information content (AvgIpc) is 2.69. The van der Waals surface area contributed by atoms with Crippen molar-refractivity contribution in [3.8, 4) is 0 Å². The van der Waals surface area contributed by atoms with Gasteiger partial charge < -0.3 is 15.2 Å². The smallest absolute Gasteiger partial charge is 0.352 e.